The largest absolute Gasteiger partial charge is 0.242 e. The Kier molecular flexibility index (Phi) is 5.42. The minimum atomic E-state index is 0.258. The Morgan fingerprint density at radius 2 is 1.41 bits per heavy atom. The Bertz CT molecular complexity index is 719. The van der Waals surface area contributed by atoms with Gasteiger partial charge in [0.1, 0.15) is 0 Å². The van der Waals surface area contributed by atoms with Gasteiger partial charge in [0.05, 0.1) is 6.01 Å². The lowest BCUT2D eigenvalue weighted by molar-refractivity contribution is 1.04. The Hall–Kier alpha value is -2.96. The predicted octanol–water partition coefficient (Wildman–Crippen LogP) is 5.30. The van der Waals surface area contributed by atoms with Gasteiger partial charge in [-0.05, 0) is 22.3 Å². The monoisotopic (exact) mass is 286 g/mol. The fourth-order valence-corrected chi connectivity index (χ4v) is 2.60. The molecule has 1 aliphatic rings. The third-order valence-electron chi connectivity index (χ3n) is 3.51. The standard InChI is InChI=1S/C19H16.CH2N2/c1-15-9-8-14-18(16-10-4-2-5-11-16)19(15)17-12-6-3-7-13-17;2-1-3/h2-14,19H,1H2;2-3H. The van der Waals surface area contributed by atoms with Crippen LogP contribution in [0.1, 0.15) is 17.0 Å². The van der Waals surface area contributed by atoms with Gasteiger partial charge >= 0.3 is 0 Å². The maximum absolute atomic E-state index is 5.62. The van der Waals surface area contributed by atoms with Crippen molar-refractivity contribution < 1.29 is 0 Å². The molecule has 108 valence electrons. The highest BCUT2D eigenvalue weighted by molar-refractivity contribution is 5.78. The Morgan fingerprint density at radius 1 is 0.864 bits per heavy atom. The van der Waals surface area contributed by atoms with Crippen molar-refractivity contribution in [2.75, 3.05) is 0 Å². The Balaban J connectivity index is 0.000000545. The molecule has 0 bridgehead atoms. The lowest BCUT2D eigenvalue weighted by Crippen LogP contribution is -2.06. The first-order valence-corrected chi connectivity index (χ1v) is 7.03. The number of rotatable bonds is 2. The molecule has 0 spiro atoms. The third kappa shape index (κ3) is 3.57. The molecular weight excluding hydrogens is 268 g/mol. The van der Waals surface area contributed by atoms with Gasteiger partial charge in [0.2, 0.25) is 0 Å². The maximum atomic E-state index is 5.62. The average Bonchev–Trinajstić information content (AvgIpc) is 2.57. The molecular formula is C20H18N2. The Morgan fingerprint density at radius 3 is 2.00 bits per heavy atom. The first-order chi connectivity index (χ1) is 10.8. The smallest absolute Gasteiger partial charge is 0.0831 e. The molecule has 2 aromatic rings. The summed E-state index contributed by atoms with van der Waals surface area (Å²) in [6, 6.07) is 22.4. The zero-order valence-corrected chi connectivity index (χ0v) is 12.3. The second-order valence-corrected chi connectivity index (χ2v) is 4.89. The topological polar surface area (TPSA) is 47.7 Å². The average molecular weight is 286 g/mol. The minimum absolute atomic E-state index is 0.258. The molecule has 2 heteroatoms. The van der Waals surface area contributed by atoms with Gasteiger partial charge in [-0.25, -0.2) is 10.8 Å². The number of hydrogen-bond acceptors (Lipinski definition) is 2. The van der Waals surface area contributed by atoms with Crippen LogP contribution in [0, 0.1) is 10.8 Å². The molecule has 0 aliphatic heterocycles. The number of nitrogens with one attached hydrogen (secondary N) is 2. The van der Waals surface area contributed by atoms with Crippen molar-refractivity contribution in [3.63, 3.8) is 0 Å². The van der Waals surface area contributed by atoms with E-state index in [0.29, 0.717) is 0 Å². The van der Waals surface area contributed by atoms with Crippen molar-refractivity contribution in [1.29, 1.82) is 10.8 Å². The molecule has 0 amide bonds. The molecule has 2 N–H and O–H groups in total. The highest BCUT2D eigenvalue weighted by Crippen LogP contribution is 2.39. The summed E-state index contributed by atoms with van der Waals surface area (Å²) in [5, 5.41) is 11.2. The van der Waals surface area contributed by atoms with Crippen molar-refractivity contribution in [2.24, 2.45) is 0 Å². The summed E-state index contributed by atoms with van der Waals surface area (Å²) in [5.74, 6) is 0.258. The first-order valence-electron chi connectivity index (χ1n) is 7.03. The van der Waals surface area contributed by atoms with E-state index in [9.17, 15) is 0 Å². The van der Waals surface area contributed by atoms with E-state index in [-0.39, 0.29) is 5.92 Å². The van der Waals surface area contributed by atoms with E-state index < -0.39 is 0 Å². The van der Waals surface area contributed by atoms with Gasteiger partial charge in [0.25, 0.3) is 0 Å². The van der Waals surface area contributed by atoms with Gasteiger partial charge in [-0.1, -0.05) is 85.5 Å². The van der Waals surface area contributed by atoms with Gasteiger partial charge in [-0.2, -0.15) is 0 Å². The van der Waals surface area contributed by atoms with Crippen molar-refractivity contribution in [3.05, 3.63) is 102 Å². The second kappa shape index (κ2) is 7.72. The van der Waals surface area contributed by atoms with Crippen LogP contribution in [-0.4, -0.2) is 6.01 Å². The van der Waals surface area contributed by atoms with Crippen molar-refractivity contribution >= 4 is 11.6 Å². The minimum Gasteiger partial charge on any atom is -0.242 e. The Labute approximate surface area is 131 Å². The molecule has 1 unspecified atom stereocenters. The zero-order chi connectivity index (χ0) is 15.8. The third-order valence-corrected chi connectivity index (χ3v) is 3.51. The molecule has 0 fully saturated rings. The quantitative estimate of drug-likeness (QED) is 0.704. The van der Waals surface area contributed by atoms with Crippen LogP contribution >= 0.6 is 0 Å². The zero-order valence-electron chi connectivity index (χ0n) is 12.3. The summed E-state index contributed by atoms with van der Waals surface area (Å²) in [5.41, 5.74) is 5.03. The highest BCUT2D eigenvalue weighted by Gasteiger charge is 2.21. The van der Waals surface area contributed by atoms with Crippen LogP contribution in [0.25, 0.3) is 5.57 Å². The summed E-state index contributed by atoms with van der Waals surface area (Å²) in [4.78, 5) is 0. The number of benzene rings is 2. The van der Waals surface area contributed by atoms with Crippen LogP contribution < -0.4 is 0 Å². The molecule has 0 heterocycles. The summed E-state index contributed by atoms with van der Waals surface area (Å²) in [7, 11) is 0. The lowest BCUT2D eigenvalue weighted by Gasteiger charge is -2.24. The van der Waals surface area contributed by atoms with Crippen molar-refractivity contribution in [2.45, 2.75) is 5.92 Å². The first kappa shape index (κ1) is 15.4. The molecule has 0 radical (unpaired) electrons. The molecule has 1 atom stereocenters. The normalized spacial score (nSPS) is 16.1. The molecule has 0 saturated carbocycles. The van der Waals surface area contributed by atoms with E-state index in [1.807, 2.05) is 0 Å². The fraction of sp³-hybridized carbons (Fsp3) is 0.0500. The molecule has 0 saturated heterocycles. The summed E-state index contributed by atoms with van der Waals surface area (Å²) < 4.78 is 0. The predicted molar refractivity (Wildman–Crippen MR) is 92.3 cm³/mol. The van der Waals surface area contributed by atoms with Crippen LogP contribution in [0.4, 0.5) is 0 Å². The van der Waals surface area contributed by atoms with E-state index >= 15 is 0 Å². The summed E-state index contributed by atoms with van der Waals surface area (Å²) in [6.45, 7) is 4.22. The lowest BCUT2D eigenvalue weighted by atomic mass is 9.79. The van der Waals surface area contributed by atoms with E-state index in [1.165, 1.54) is 22.7 Å². The summed E-state index contributed by atoms with van der Waals surface area (Å²) in [6.07, 6.45) is 6.38. The van der Waals surface area contributed by atoms with E-state index in [0.717, 1.165) is 5.57 Å². The van der Waals surface area contributed by atoms with E-state index in [1.54, 1.807) is 0 Å². The number of allylic oxidation sites excluding steroid dienone is 5. The van der Waals surface area contributed by atoms with Gasteiger partial charge in [0, 0.05) is 5.92 Å². The van der Waals surface area contributed by atoms with Crippen LogP contribution in [0.3, 0.4) is 0 Å². The number of hydrogen-bond donors (Lipinski definition) is 2. The van der Waals surface area contributed by atoms with Crippen molar-refractivity contribution in [3.8, 4) is 0 Å². The van der Waals surface area contributed by atoms with Crippen LogP contribution in [0.2, 0.25) is 0 Å². The van der Waals surface area contributed by atoms with Crippen LogP contribution in [0.5, 0.6) is 0 Å². The molecule has 3 rings (SSSR count). The van der Waals surface area contributed by atoms with Crippen LogP contribution in [0.15, 0.2) is 91.0 Å². The van der Waals surface area contributed by atoms with Crippen molar-refractivity contribution in [1.82, 2.24) is 0 Å². The SMILES string of the molecule is C=C1C=CC=C(c2ccccc2)C1c1ccccc1.N=C=N. The van der Waals surface area contributed by atoms with Gasteiger partial charge < -0.3 is 0 Å². The molecule has 2 nitrogen and oxygen atoms in total. The molecule has 0 aromatic heterocycles. The molecule has 22 heavy (non-hydrogen) atoms. The van der Waals surface area contributed by atoms with Gasteiger partial charge in [-0.3, -0.25) is 0 Å². The van der Waals surface area contributed by atoms with Gasteiger partial charge in [0.15, 0.2) is 0 Å². The molecule has 1 aliphatic carbocycles. The molecule has 2 aromatic carbocycles. The van der Waals surface area contributed by atoms with Crippen LogP contribution in [-0.2, 0) is 0 Å². The van der Waals surface area contributed by atoms with Gasteiger partial charge in [-0.15, -0.1) is 0 Å². The van der Waals surface area contributed by atoms with E-state index in [4.69, 9.17) is 10.8 Å². The second-order valence-electron chi connectivity index (χ2n) is 4.89. The highest BCUT2D eigenvalue weighted by atomic mass is 14.4. The fourth-order valence-electron chi connectivity index (χ4n) is 2.60. The van der Waals surface area contributed by atoms with E-state index in [2.05, 4.69) is 85.5 Å². The summed E-state index contributed by atoms with van der Waals surface area (Å²) >= 11 is 0. The maximum Gasteiger partial charge on any atom is 0.0831 e.